The first-order valence-corrected chi connectivity index (χ1v) is 8.48. The summed E-state index contributed by atoms with van der Waals surface area (Å²) in [6.07, 6.45) is 0.942. The van der Waals surface area contributed by atoms with Crippen LogP contribution in [0.2, 0.25) is 0 Å². The van der Waals surface area contributed by atoms with Crippen LogP contribution in [-0.2, 0) is 17.2 Å². The van der Waals surface area contributed by atoms with Gasteiger partial charge < -0.3 is 0 Å². The minimum atomic E-state index is -1.33. The molecule has 0 radical (unpaired) electrons. The van der Waals surface area contributed by atoms with E-state index in [4.69, 9.17) is 0 Å². The van der Waals surface area contributed by atoms with E-state index in [1.54, 1.807) is 18.2 Å². The maximum Gasteiger partial charge on any atom is 0.175 e. The standard InChI is InChI=1S/C16H15BrO2S/c1-2-12-7-9-13(10-8-12)15(18)11-20(19)16-6-4-3-5-14(16)17/h3-10H,2,11H2,1H3. The summed E-state index contributed by atoms with van der Waals surface area (Å²) >= 11 is 3.36. The van der Waals surface area contributed by atoms with Gasteiger partial charge in [0.2, 0.25) is 0 Å². The average molecular weight is 351 g/mol. The van der Waals surface area contributed by atoms with Gasteiger partial charge in [-0.3, -0.25) is 9.00 Å². The zero-order valence-corrected chi connectivity index (χ0v) is 13.5. The van der Waals surface area contributed by atoms with Crippen LogP contribution in [-0.4, -0.2) is 15.7 Å². The van der Waals surface area contributed by atoms with Gasteiger partial charge in [-0.05, 0) is 40.0 Å². The van der Waals surface area contributed by atoms with Crippen molar-refractivity contribution < 1.29 is 9.00 Å². The van der Waals surface area contributed by atoms with Crippen molar-refractivity contribution >= 4 is 32.5 Å². The first kappa shape index (κ1) is 15.1. The largest absolute Gasteiger partial charge is 0.293 e. The van der Waals surface area contributed by atoms with Crippen molar-refractivity contribution in [3.8, 4) is 0 Å². The van der Waals surface area contributed by atoms with Gasteiger partial charge in [0.1, 0.15) is 0 Å². The van der Waals surface area contributed by atoms with Crippen LogP contribution in [0.3, 0.4) is 0 Å². The summed E-state index contributed by atoms with van der Waals surface area (Å²) in [7, 11) is -1.33. The number of hydrogen-bond donors (Lipinski definition) is 0. The predicted octanol–water partition coefficient (Wildman–Crippen LogP) is 4.00. The number of hydrogen-bond acceptors (Lipinski definition) is 2. The fraction of sp³-hybridized carbons (Fsp3) is 0.188. The van der Waals surface area contributed by atoms with Gasteiger partial charge in [-0.1, -0.05) is 43.3 Å². The van der Waals surface area contributed by atoms with E-state index in [0.29, 0.717) is 10.5 Å². The third-order valence-corrected chi connectivity index (χ3v) is 5.35. The normalized spacial score (nSPS) is 12.1. The molecule has 0 heterocycles. The first-order chi connectivity index (χ1) is 9.61. The predicted molar refractivity (Wildman–Crippen MR) is 85.6 cm³/mol. The van der Waals surface area contributed by atoms with Gasteiger partial charge in [0.25, 0.3) is 0 Å². The molecule has 0 fully saturated rings. The second-order valence-electron chi connectivity index (χ2n) is 4.39. The van der Waals surface area contributed by atoms with E-state index in [-0.39, 0.29) is 11.5 Å². The maximum absolute atomic E-state index is 12.2. The van der Waals surface area contributed by atoms with Crippen LogP contribution in [0.4, 0.5) is 0 Å². The van der Waals surface area contributed by atoms with Crippen LogP contribution in [0.1, 0.15) is 22.8 Å². The second-order valence-corrected chi connectivity index (χ2v) is 6.67. The highest BCUT2D eigenvalue weighted by Gasteiger charge is 2.14. The van der Waals surface area contributed by atoms with Crippen LogP contribution in [0, 0.1) is 0 Å². The van der Waals surface area contributed by atoms with E-state index >= 15 is 0 Å². The van der Waals surface area contributed by atoms with Gasteiger partial charge in [0, 0.05) is 10.0 Å². The third kappa shape index (κ3) is 3.64. The molecule has 104 valence electrons. The summed E-state index contributed by atoms with van der Waals surface area (Å²) in [5.41, 5.74) is 1.80. The molecule has 2 nitrogen and oxygen atoms in total. The topological polar surface area (TPSA) is 34.1 Å². The van der Waals surface area contributed by atoms with Crippen molar-refractivity contribution in [3.63, 3.8) is 0 Å². The Labute approximate surface area is 129 Å². The fourth-order valence-corrected chi connectivity index (χ4v) is 3.74. The van der Waals surface area contributed by atoms with E-state index in [9.17, 15) is 9.00 Å². The Morgan fingerprint density at radius 1 is 1.10 bits per heavy atom. The molecule has 1 atom stereocenters. The van der Waals surface area contributed by atoms with Crippen molar-refractivity contribution in [2.24, 2.45) is 0 Å². The lowest BCUT2D eigenvalue weighted by molar-refractivity contribution is 0.102. The van der Waals surface area contributed by atoms with Crippen LogP contribution in [0.5, 0.6) is 0 Å². The molecule has 1 unspecified atom stereocenters. The zero-order chi connectivity index (χ0) is 14.5. The summed E-state index contributed by atoms with van der Waals surface area (Å²) in [5.74, 6) is -0.0876. The van der Waals surface area contributed by atoms with Crippen LogP contribution in [0.15, 0.2) is 57.9 Å². The Morgan fingerprint density at radius 2 is 1.75 bits per heavy atom. The molecular formula is C16H15BrO2S. The Kier molecular flexibility index (Phi) is 5.26. The molecule has 0 aromatic heterocycles. The number of carbonyl (C=O) groups excluding carboxylic acids is 1. The molecule has 0 saturated heterocycles. The van der Waals surface area contributed by atoms with E-state index < -0.39 is 10.8 Å². The second kappa shape index (κ2) is 6.95. The molecule has 0 bridgehead atoms. The Balaban J connectivity index is 2.11. The molecule has 2 rings (SSSR count). The maximum atomic E-state index is 12.2. The number of ketones is 1. The summed E-state index contributed by atoms with van der Waals surface area (Å²) in [4.78, 5) is 12.8. The number of carbonyl (C=O) groups is 1. The quantitative estimate of drug-likeness (QED) is 0.763. The summed E-state index contributed by atoms with van der Waals surface area (Å²) in [6, 6.07) is 14.8. The minimum absolute atomic E-state index is 0.00802. The lowest BCUT2D eigenvalue weighted by Gasteiger charge is -2.05. The SMILES string of the molecule is CCc1ccc(C(=O)CS(=O)c2ccccc2Br)cc1. The first-order valence-electron chi connectivity index (χ1n) is 6.37. The molecule has 20 heavy (non-hydrogen) atoms. The van der Waals surface area contributed by atoms with Gasteiger partial charge in [-0.15, -0.1) is 0 Å². The highest BCUT2D eigenvalue weighted by Crippen LogP contribution is 2.20. The van der Waals surface area contributed by atoms with E-state index in [1.807, 2.05) is 30.3 Å². The summed E-state index contributed by atoms with van der Waals surface area (Å²) in [5, 5.41) is 0. The minimum Gasteiger partial charge on any atom is -0.293 e. The van der Waals surface area contributed by atoms with Crippen molar-refractivity contribution in [1.29, 1.82) is 0 Å². The number of halogens is 1. The zero-order valence-electron chi connectivity index (χ0n) is 11.1. The third-order valence-electron chi connectivity index (χ3n) is 3.03. The van der Waals surface area contributed by atoms with Gasteiger partial charge in [-0.2, -0.15) is 0 Å². The number of rotatable bonds is 5. The smallest absolute Gasteiger partial charge is 0.175 e. The molecule has 0 spiro atoms. The molecule has 0 aliphatic carbocycles. The number of Topliss-reactive ketones (excluding diaryl/α,β-unsaturated/α-hetero) is 1. The molecule has 0 saturated carbocycles. The van der Waals surface area contributed by atoms with E-state index in [1.165, 1.54) is 5.56 Å². The number of benzene rings is 2. The molecular weight excluding hydrogens is 336 g/mol. The van der Waals surface area contributed by atoms with E-state index in [0.717, 1.165) is 10.9 Å². The highest BCUT2D eigenvalue weighted by molar-refractivity contribution is 9.10. The number of aryl methyl sites for hydroxylation is 1. The average Bonchev–Trinajstić information content (AvgIpc) is 2.47. The molecule has 0 amide bonds. The van der Waals surface area contributed by atoms with Crippen molar-refractivity contribution in [2.75, 3.05) is 5.75 Å². The molecule has 2 aromatic rings. The van der Waals surface area contributed by atoms with Crippen molar-refractivity contribution in [3.05, 3.63) is 64.1 Å². The van der Waals surface area contributed by atoms with Gasteiger partial charge in [-0.25, -0.2) is 0 Å². The van der Waals surface area contributed by atoms with E-state index in [2.05, 4.69) is 22.9 Å². The lowest BCUT2D eigenvalue weighted by atomic mass is 10.1. The Bertz CT molecular complexity index is 635. The Morgan fingerprint density at radius 3 is 2.35 bits per heavy atom. The fourth-order valence-electron chi connectivity index (χ4n) is 1.84. The van der Waals surface area contributed by atoms with Gasteiger partial charge >= 0.3 is 0 Å². The molecule has 4 heteroatoms. The van der Waals surface area contributed by atoms with Gasteiger partial charge in [0.15, 0.2) is 5.78 Å². The Hall–Kier alpha value is -1.26. The molecule has 0 N–H and O–H groups in total. The summed E-state index contributed by atoms with van der Waals surface area (Å²) < 4.78 is 13.0. The molecule has 0 aliphatic heterocycles. The van der Waals surface area contributed by atoms with Crippen LogP contribution < -0.4 is 0 Å². The summed E-state index contributed by atoms with van der Waals surface area (Å²) in [6.45, 7) is 2.07. The highest BCUT2D eigenvalue weighted by atomic mass is 79.9. The van der Waals surface area contributed by atoms with Crippen LogP contribution >= 0.6 is 15.9 Å². The van der Waals surface area contributed by atoms with Crippen LogP contribution in [0.25, 0.3) is 0 Å². The van der Waals surface area contributed by atoms with Crippen molar-refractivity contribution in [2.45, 2.75) is 18.2 Å². The van der Waals surface area contributed by atoms with Gasteiger partial charge in [0.05, 0.1) is 21.4 Å². The lowest BCUT2D eigenvalue weighted by Crippen LogP contribution is -2.11. The molecule has 2 aromatic carbocycles. The van der Waals surface area contributed by atoms with Crippen molar-refractivity contribution in [1.82, 2.24) is 0 Å². The molecule has 0 aliphatic rings. The monoisotopic (exact) mass is 350 g/mol.